The number of nitrogens with one attached hydrogen (secondary N) is 4. The number of H-pyrrole nitrogens is 2. The third-order valence-corrected chi connectivity index (χ3v) is 15.6. The lowest BCUT2D eigenvalue weighted by Gasteiger charge is -2.30. The van der Waals surface area contributed by atoms with Crippen molar-refractivity contribution >= 4 is 110 Å². The predicted octanol–water partition coefficient (Wildman–Crippen LogP) is 11.1. The molecule has 86 heavy (non-hydrogen) atoms. The van der Waals surface area contributed by atoms with E-state index in [0.29, 0.717) is 95.0 Å². The molecule has 8 bridgehead atoms. The number of benzene rings is 6. The Morgan fingerprint density at radius 1 is 0.326 bits per heavy atom. The molecule has 1 unspecified atom stereocenters. The quantitative estimate of drug-likeness (QED) is 0.112. The van der Waals surface area contributed by atoms with Gasteiger partial charge in [0.05, 0.1) is 22.8 Å². The number of allylic oxidation sites excluding steroid dienone is 4. The molecule has 0 radical (unpaired) electrons. The zero-order valence-electron chi connectivity index (χ0n) is 45.2. The fourth-order valence-electron chi connectivity index (χ4n) is 11.5. The zero-order chi connectivity index (χ0) is 58.7. The molecule has 0 spiro atoms. The molecular weight excluding hydrogens is 1080 g/mol. The van der Waals surface area contributed by atoms with Gasteiger partial charge >= 0.3 is 0 Å². The van der Waals surface area contributed by atoms with Gasteiger partial charge in [-0.3, -0.25) is 38.4 Å². The molecule has 0 saturated heterocycles. The highest BCUT2D eigenvalue weighted by Gasteiger charge is 2.45. The van der Waals surface area contributed by atoms with Crippen LogP contribution in [0.25, 0.3) is 46.4 Å². The van der Waals surface area contributed by atoms with Crippen molar-refractivity contribution in [1.82, 2.24) is 19.9 Å². The van der Waals surface area contributed by atoms with E-state index < -0.39 is 6.04 Å². The summed E-state index contributed by atoms with van der Waals surface area (Å²) in [6.45, 7) is 0. The Hall–Kier alpha value is -12.0. The van der Waals surface area contributed by atoms with Gasteiger partial charge in [0.2, 0.25) is 17.2 Å². The molecular formula is C72H43N6O8+. The van der Waals surface area contributed by atoms with Crippen LogP contribution in [0.3, 0.4) is 0 Å². The molecule has 6 heterocycles. The first kappa shape index (κ1) is 52.1. The van der Waals surface area contributed by atoms with Gasteiger partial charge in [0, 0.05) is 100 Å². The SMILES string of the molecule is C1=Cc2cc3ccc(cc4ccc(cc5nc(cc1n2)C=C5)[nH]4)[nH]3.O=C1C2=C(C(=O)c3ccccc31)C1Nc3ccc4c(c3[NH+]=C1C=C2)C(=O)c1ccccc1C4=O.O=C1C=CC(=O)c2ccccc21.O=C1c2ccccc2C(=O)c2ccccc21. The molecule has 8 aliphatic rings. The van der Waals surface area contributed by atoms with Crippen LogP contribution in [0.1, 0.15) is 128 Å². The number of aromatic amines is 2. The Morgan fingerprint density at radius 2 is 0.709 bits per heavy atom. The Balaban J connectivity index is 0.000000109. The van der Waals surface area contributed by atoms with Crippen molar-refractivity contribution in [1.29, 1.82) is 0 Å². The number of carbonyl (C=O) groups excluding carboxylic acids is 8. The average molecular weight is 1120 g/mol. The molecule has 0 fully saturated rings. The van der Waals surface area contributed by atoms with Crippen molar-refractivity contribution in [2.24, 2.45) is 0 Å². The number of anilines is 1. The summed E-state index contributed by atoms with van der Waals surface area (Å²) in [5.74, 6) is -1.13. The van der Waals surface area contributed by atoms with E-state index in [0.717, 1.165) is 44.8 Å². The lowest BCUT2D eigenvalue weighted by molar-refractivity contribution is -0.355. The molecule has 17 rings (SSSR count). The standard InChI is InChI=1S/C28H14N2O4.C20H14N4.C14H8O2.C10H6O2/c31-25-13-5-1-3-7-15(13)27(33)21-17(25)9-11-19-23(21)29-20-12-10-18-22(24(20)30-19)28(34)16-8-4-2-6-14(16)26(18)32;1-2-14-10-16-5-6-18(23-16)12-20-8-7-19(24-20)11-17-4-3-15(22-17)9-13(1)21-14;15-13-9-5-1-2-6-10(9)14(16)12-8-4-3-7-11(12)13;11-9-5-6-10(12)8-4-2-1-3-7(8)9/h1-12,23,29H;1-12,21-22H;1-8H;1-6H/p+1. The van der Waals surface area contributed by atoms with Gasteiger partial charge in [-0.05, 0) is 103 Å². The van der Waals surface area contributed by atoms with E-state index >= 15 is 0 Å². The van der Waals surface area contributed by atoms with E-state index in [4.69, 9.17) is 0 Å². The third-order valence-electron chi connectivity index (χ3n) is 15.6. The Kier molecular flexibility index (Phi) is 12.8. The summed E-state index contributed by atoms with van der Waals surface area (Å²) in [6.07, 6.45) is 14.1. The zero-order valence-corrected chi connectivity index (χ0v) is 45.2. The summed E-state index contributed by atoms with van der Waals surface area (Å²) in [7, 11) is 0. The molecule has 0 saturated carbocycles. The van der Waals surface area contributed by atoms with E-state index in [1.807, 2.05) is 42.5 Å². The highest BCUT2D eigenvalue weighted by atomic mass is 16.2. The van der Waals surface area contributed by atoms with E-state index in [1.165, 1.54) is 12.2 Å². The monoisotopic (exact) mass is 1120 g/mol. The first-order valence-electron chi connectivity index (χ1n) is 27.5. The summed E-state index contributed by atoms with van der Waals surface area (Å²) in [4.78, 5) is 119. The number of Topliss-reactive ketones (excluding diaryl/α,β-unsaturated/α-hetero) is 2. The lowest BCUT2D eigenvalue weighted by Crippen LogP contribution is -2.74. The maximum absolute atomic E-state index is 13.4. The lowest BCUT2D eigenvalue weighted by atomic mass is 9.76. The smallest absolute Gasteiger partial charge is 0.239 e. The van der Waals surface area contributed by atoms with Gasteiger partial charge in [-0.1, -0.05) is 121 Å². The van der Waals surface area contributed by atoms with Crippen LogP contribution >= 0.6 is 0 Å². The largest absolute Gasteiger partial charge is 0.364 e. The summed E-state index contributed by atoms with van der Waals surface area (Å²) < 4.78 is 0. The molecule has 1 atom stereocenters. The Labute approximate surface area is 489 Å². The predicted molar refractivity (Wildman–Crippen MR) is 327 cm³/mol. The van der Waals surface area contributed by atoms with Gasteiger partial charge in [0.1, 0.15) is 17.3 Å². The van der Waals surface area contributed by atoms with E-state index in [-0.39, 0.29) is 46.3 Å². The van der Waals surface area contributed by atoms with Crippen molar-refractivity contribution in [2.75, 3.05) is 5.32 Å². The van der Waals surface area contributed by atoms with Crippen molar-refractivity contribution in [3.05, 3.63) is 307 Å². The first-order valence-corrected chi connectivity index (χ1v) is 27.5. The van der Waals surface area contributed by atoms with Crippen LogP contribution in [0, 0.1) is 0 Å². The fourth-order valence-corrected chi connectivity index (χ4v) is 11.5. The van der Waals surface area contributed by atoms with Crippen LogP contribution in [-0.4, -0.2) is 78.0 Å². The molecule has 3 aromatic heterocycles. The van der Waals surface area contributed by atoms with Crippen molar-refractivity contribution in [3.63, 3.8) is 0 Å². The number of rotatable bonds is 0. The highest BCUT2D eigenvalue weighted by molar-refractivity contribution is 6.33. The average Bonchev–Trinajstić information content (AvgIpc) is 0.970. The minimum Gasteiger partial charge on any atom is -0.364 e. The van der Waals surface area contributed by atoms with Gasteiger partial charge in [-0.15, -0.1) is 0 Å². The maximum atomic E-state index is 13.4. The van der Waals surface area contributed by atoms with Crippen molar-refractivity contribution < 1.29 is 43.3 Å². The van der Waals surface area contributed by atoms with Crippen LogP contribution in [-0.2, 0) is 0 Å². The molecule has 14 heteroatoms. The summed E-state index contributed by atoms with van der Waals surface area (Å²) in [5.41, 5.74) is 15.6. The first-order chi connectivity index (χ1) is 41.9. The number of hydrogen-bond donors (Lipinski definition) is 4. The Morgan fingerprint density at radius 3 is 1.17 bits per heavy atom. The molecule has 408 valence electrons. The normalized spacial score (nSPS) is 15.7. The summed E-state index contributed by atoms with van der Waals surface area (Å²) >= 11 is 0. The van der Waals surface area contributed by atoms with Gasteiger partial charge in [0.15, 0.2) is 40.5 Å². The van der Waals surface area contributed by atoms with Crippen LogP contribution in [0.5, 0.6) is 0 Å². The van der Waals surface area contributed by atoms with Gasteiger partial charge in [0.25, 0.3) is 0 Å². The molecule has 5 aliphatic carbocycles. The second-order valence-electron chi connectivity index (χ2n) is 20.9. The second kappa shape index (κ2) is 21.1. The number of nitrogens with zero attached hydrogens (tertiary/aromatic N) is 2. The molecule has 3 aliphatic heterocycles. The van der Waals surface area contributed by atoms with E-state index in [1.54, 1.807) is 146 Å². The van der Waals surface area contributed by atoms with Gasteiger partial charge < -0.3 is 15.3 Å². The Bertz CT molecular complexity index is 4750. The van der Waals surface area contributed by atoms with Crippen molar-refractivity contribution in [2.45, 2.75) is 6.04 Å². The van der Waals surface area contributed by atoms with Gasteiger partial charge in [-0.2, -0.15) is 0 Å². The van der Waals surface area contributed by atoms with Crippen LogP contribution in [0.15, 0.2) is 217 Å². The second-order valence-corrected chi connectivity index (χ2v) is 20.9. The topological polar surface area (TPSA) is 220 Å². The number of carbonyl (C=O) groups is 8. The fraction of sp³-hybridized carbons (Fsp3) is 0.0139. The van der Waals surface area contributed by atoms with Crippen LogP contribution in [0.4, 0.5) is 11.4 Å². The molecule has 4 N–H and O–H groups in total. The van der Waals surface area contributed by atoms with E-state index in [9.17, 15) is 38.4 Å². The van der Waals surface area contributed by atoms with Crippen LogP contribution in [0.2, 0.25) is 0 Å². The van der Waals surface area contributed by atoms with Crippen LogP contribution < -0.4 is 10.3 Å². The maximum Gasteiger partial charge on any atom is 0.239 e. The summed E-state index contributed by atoms with van der Waals surface area (Å²) in [6, 6.07) is 53.6. The van der Waals surface area contributed by atoms with E-state index in [2.05, 4.69) is 60.6 Å². The molecule has 14 nitrogen and oxygen atoms in total. The van der Waals surface area contributed by atoms with Crippen molar-refractivity contribution in [3.8, 4) is 0 Å². The highest BCUT2D eigenvalue weighted by Crippen LogP contribution is 2.39. The minimum absolute atomic E-state index is 0.0641. The number of hydrogen-bond acceptors (Lipinski definition) is 11. The molecule has 0 amide bonds. The molecule has 6 aromatic carbocycles. The number of ketones is 8. The number of fused-ring (bicyclic) bond motifs is 18. The third kappa shape index (κ3) is 9.25. The minimum atomic E-state index is -0.572. The number of aromatic nitrogens is 4. The molecule has 9 aromatic rings. The summed E-state index contributed by atoms with van der Waals surface area (Å²) in [5, 5.41) is 3.34. The van der Waals surface area contributed by atoms with Gasteiger partial charge in [-0.25, -0.2) is 15.0 Å².